The van der Waals surface area contributed by atoms with Crippen molar-refractivity contribution in [2.75, 3.05) is 6.54 Å². The van der Waals surface area contributed by atoms with E-state index in [1.807, 2.05) is 0 Å². The summed E-state index contributed by atoms with van der Waals surface area (Å²) in [5, 5.41) is 0. The van der Waals surface area contributed by atoms with Crippen molar-refractivity contribution >= 4 is 18.2 Å². The summed E-state index contributed by atoms with van der Waals surface area (Å²) in [6.07, 6.45) is 1.40. The average molecular weight is 227 g/mol. The number of esters is 1. The molecule has 5 heteroatoms. The molecule has 0 saturated carbocycles. The van der Waals surface area contributed by atoms with E-state index in [9.17, 15) is 14.4 Å². The number of amides is 1. The number of β-lactam (4-membered cyclic amide) rings is 1. The predicted molar refractivity (Wildman–Crippen MR) is 56.6 cm³/mol. The first-order valence-electron chi connectivity index (χ1n) is 5.28. The Kier molecular flexibility index (Phi) is 3.67. The molecule has 1 aliphatic heterocycles. The zero-order chi connectivity index (χ0) is 12.3. The minimum Gasteiger partial charge on any atom is -0.459 e. The summed E-state index contributed by atoms with van der Waals surface area (Å²) in [6.45, 7) is 5.25. The first-order valence-corrected chi connectivity index (χ1v) is 5.28. The Morgan fingerprint density at radius 3 is 2.62 bits per heavy atom. The number of hydrogen-bond donors (Lipinski definition) is 0. The average Bonchev–Trinajstić information content (AvgIpc) is 2.11. The number of likely N-dealkylation sites (tertiary alicyclic amines) is 1. The molecule has 1 fully saturated rings. The van der Waals surface area contributed by atoms with Gasteiger partial charge in [0.25, 0.3) is 0 Å². The fraction of sp³-hybridized carbons (Fsp3) is 0.727. The molecule has 1 rings (SSSR count). The van der Waals surface area contributed by atoms with Gasteiger partial charge in [0, 0.05) is 18.9 Å². The summed E-state index contributed by atoms with van der Waals surface area (Å²) >= 11 is 0. The Balaban J connectivity index is 2.44. The Morgan fingerprint density at radius 1 is 1.56 bits per heavy atom. The minimum atomic E-state index is -0.550. The summed E-state index contributed by atoms with van der Waals surface area (Å²) in [4.78, 5) is 34.4. The van der Waals surface area contributed by atoms with Gasteiger partial charge in [-0.05, 0) is 20.8 Å². The van der Waals surface area contributed by atoms with Gasteiger partial charge in [-0.1, -0.05) is 0 Å². The highest BCUT2D eigenvalue weighted by atomic mass is 16.6. The zero-order valence-corrected chi connectivity index (χ0v) is 9.86. The molecule has 1 heterocycles. The number of aldehydes is 1. The first kappa shape index (κ1) is 12.7. The van der Waals surface area contributed by atoms with Crippen molar-refractivity contribution in [3.05, 3.63) is 0 Å². The second kappa shape index (κ2) is 4.63. The van der Waals surface area contributed by atoms with E-state index < -0.39 is 11.6 Å². The van der Waals surface area contributed by atoms with Gasteiger partial charge in [0.1, 0.15) is 18.4 Å². The fourth-order valence-corrected chi connectivity index (χ4v) is 1.57. The van der Waals surface area contributed by atoms with Crippen LogP contribution in [-0.2, 0) is 19.1 Å². The molecule has 0 spiro atoms. The summed E-state index contributed by atoms with van der Waals surface area (Å²) in [5.74, 6) is -0.533. The lowest BCUT2D eigenvalue weighted by atomic mass is 9.99. The van der Waals surface area contributed by atoms with Crippen molar-refractivity contribution in [2.45, 2.75) is 45.3 Å². The van der Waals surface area contributed by atoms with Crippen molar-refractivity contribution in [1.82, 2.24) is 4.90 Å². The molecule has 1 saturated heterocycles. The molecule has 0 N–H and O–H groups in total. The van der Waals surface area contributed by atoms with E-state index >= 15 is 0 Å². The highest BCUT2D eigenvalue weighted by molar-refractivity contribution is 5.88. The molecule has 1 atom stereocenters. The number of carbonyl (C=O) groups is 3. The van der Waals surface area contributed by atoms with Gasteiger partial charge < -0.3 is 14.4 Å². The summed E-state index contributed by atoms with van der Waals surface area (Å²) in [5.41, 5.74) is -0.550. The lowest BCUT2D eigenvalue weighted by molar-refractivity contribution is -0.165. The molecule has 0 aromatic rings. The van der Waals surface area contributed by atoms with Gasteiger partial charge >= 0.3 is 5.97 Å². The van der Waals surface area contributed by atoms with Crippen molar-refractivity contribution in [3.8, 4) is 0 Å². The van der Waals surface area contributed by atoms with Crippen molar-refractivity contribution in [3.63, 3.8) is 0 Å². The molecule has 0 aromatic heterocycles. The summed E-state index contributed by atoms with van der Waals surface area (Å²) < 4.78 is 5.10. The Labute approximate surface area is 94.7 Å². The quantitative estimate of drug-likeness (QED) is 0.399. The predicted octanol–water partition coefficient (Wildman–Crippen LogP) is 0.518. The first-order chi connectivity index (χ1) is 7.33. The van der Waals surface area contributed by atoms with Crippen LogP contribution in [0.25, 0.3) is 0 Å². The molecule has 1 amide bonds. The zero-order valence-electron chi connectivity index (χ0n) is 9.86. The number of ether oxygens (including phenoxy) is 1. The highest BCUT2D eigenvalue weighted by Crippen LogP contribution is 2.21. The van der Waals surface area contributed by atoms with Gasteiger partial charge in [0.05, 0.1) is 0 Å². The summed E-state index contributed by atoms with van der Waals surface area (Å²) in [6, 6.07) is -0.127. The lowest BCUT2D eigenvalue weighted by Crippen LogP contribution is -2.55. The van der Waals surface area contributed by atoms with Crippen LogP contribution in [0, 0.1) is 0 Å². The van der Waals surface area contributed by atoms with Crippen molar-refractivity contribution < 1.29 is 19.1 Å². The third-order valence-electron chi connectivity index (χ3n) is 2.26. The maximum atomic E-state index is 11.5. The Hall–Kier alpha value is -1.39. The van der Waals surface area contributed by atoms with Crippen LogP contribution in [0.1, 0.15) is 33.6 Å². The van der Waals surface area contributed by atoms with E-state index in [0.717, 1.165) is 6.29 Å². The van der Waals surface area contributed by atoms with E-state index in [2.05, 4.69) is 0 Å². The van der Waals surface area contributed by atoms with Gasteiger partial charge in [-0.2, -0.15) is 0 Å². The SMILES string of the molecule is CC(C)(C)OC(=O)CN1C(=O)CC1CC=O. The number of rotatable bonds is 4. The minimum absolute atomic E-state index is 0.0609. The number of hydrogen-bond acceptors (Lipinski definition) is 4. The Bertz CT molecular complexity index is 304. The molecule has 0 radical (unpaired) electrons. The maximum Gasteiger partial charge on any atom is 0.326 e. The van der Waals surface area contributed by atoms with Gasteiger partial charge in [-0.25, -0.2) is 0 Å². The normalized spacial score (nSPS) is 20.3. The highest BCUT2D eigenvalue weighted by Gasteiger charge is 2.37. The van der Waals surface area contributed by atoms with E-state index in [-0.39, 0.29) is 24.9 Å². The Morgan fingerprint density at radius 2 is 2.19 bits per heavy atom. The van der Waals surface area contributed by atoms with Gasteiger partial charge in [-0.3, -0.25) is 9.59 Å². The van der Waals surface area contributed by atoms with E-state index in [1.165, 1.54) is 4.90 Å². The standard InChI is InChI=1S/C11H17NO4/c1-11(2,3)16-10(15)7-12-8(4-5-13)6-9(12)14/h5,8H,4,6-7H2,1-3H3. The molecular formula is C11H17NO4. The lowest BCUT2D eigenvalue weighted by Gasteiger charge is -2.39. The molecular weight excluding hydrogens is 210 g/mol. The second-order valence-corrected chi connectivity index (χ2v) is 4.87. The summed E-state index contributed by atoms with van der Waals surface area (Å²) in [7, 11) is 0. The van der Waals surface area contributed by atoms with Gasteiger partial charge in [0.15, 0.2) is 0 Å². The van der Waals surface area contributed by atoms with Crippen LogP contribution in [0.4, 0.5) is 0 Å². The van der Waals surface area contributed by atoms with Crippen LogP contribution in [0.15, 0.2) is 0 Å². The van der Waals surface area contributed by atoms with Crippen LogP contribution in [0.2, 0.25) is 0 Å². The number of nitrogens with zero attached hydrogens (tertiary/aromatic N) is 1. The van der Waals surface area contributed by atoms with Crippen LogP contribution in [0.3, 0.4) is 0 Å². The molecule has 5 nitrogen and oxygen atoms in total. The molecule has 0 bridgehead atoms. The molecule has 0 aliphatic carbocycles. The molecule has 1 aliphatic rings. The van der Waals surface area contributed by atoms with E-state index in [4.69, 9.17) is 4.74 Å². The van der Waals surface area contributed by atoms with Crippen LogP contribution >= 0.6 is 0 Å². The van der Waals surface area contributed by atoms with Gasteiger partial charge in [-0.15, -0.1) is 0 Å². The van der Waals surface area contributed by atoms with Gasteiger partial charge in [0.2, 0.25) is 5.91 Å². The third kappa shape index (κ3) is 3.32. The smallest absolute Gasteiger partial charge is 0.326 e. The third-order valence-corrected chi connectivity index (χ3v) is 2.26. The monoisotopic (exact) mass is 227 g/mol. The van der Waals surface area contributed by atoms with E-state index in [1.54, 1.807) is 20.8 Å². The van der Waals surface area contributed by atoms with Crippen molar-refractivity contribution in [1.29, 1.82) is 0 Å². The molecule has 90 valence electrons. The second-order valence-electron chi connectivity index (χ2n) is 4.87. The number of carbonyl (C=O) groups excluding carboxylic acids is 3. The molecule has 0 aromatic carbocycles. The van der Waals surface area contributed by atoms with E-state index in [0.29, 0.717) is 6.42 Å². The topological polar surface area (TPSA) is 63.7 Å². The fourth-order valence-electron chi connectivity index (χ4n) is 1.57. The van der Waals surface area contributed by atoms with Crippen LogP contribution in [-0.4, -0.2) is 41.3 Å². The van der Waals surface area contributed by atoms with Crippen LogP contribution in [0.5, 0.6) is 0 Å². The largest absolute Gasteiger partial charge is 0.459 e. The maximum absolute atomic E-state index is 11.5. The molecule has 16 heavy (non-hydrogen) atoms. The van der Waals surface area contributed by atoms with Crippen LogP contribution < -0.4 is 0 Å². The molecule has 1 unspecified atom stereocenters. The van der Waals surface area contributed by atoms with Crippen molar-refractivity contribution in [2.24, 2.45) is 0 Å².